The first-order chi connectivity index (χ1) is 20.2. The number of nitro groups is 1. The fraction of sp³-hybridized carbons (Fsp3) is 0.919. The van der Waals surface area contributed by atoms with Gasteiger partial charge in [-0.15, -0.1) is 0 Å². The fourth-order valence-corrected chi connectivity index (χ4v) is 10.9. The molecular weight excluding hydrogens is 522 g/mol. The van der Waals surface area contributed by atoms with Crippen LogP contribution in [0, 0.1) is 56.5 Å². The van der Waals surface area contributed by atoms with Crippen molar-refractivity contribution in [1.82, 2.24) is 0 Å². The van der Waals surface area contributed by atoms with Gasteiger partial charge in [-0.2, -0.15) is 0 Å². The van der Waals surface area contributed by atoms with Crippen molar-refractivity contribution < 1.29 is 14.8 Å². The van der Waals surface area contributed by atoms with Gasteiger partial charge in [0.05, 0.1) is 4.92 Å². The van der Waals surface area contributed by atoms with Gasteiger partial charge in [-0.1, -0.05) is 104 Å². The minimum atomic E-state index is -0.715. The summed E-state index contributed by atoms with van der Waals surface area (Å²) in [6, 6.07) is 0. The molecule has 1 N–H and O–H groups in total. The highest BCUT2D eigenvalue weighted by Gasteiger charge is 2.61. The van der Waals surface area contributed by atoms with Crippen LogP contribution in [0.1, 0.15) is 168 Å². The average Bonchev–Trinajstić information content (AvgIpc) is 3.36. The number of hydrogen-bond donors (Lipinski definition) is 1. The molecule has 0 aliphatic heterocycles. The highest BCUT2D eigenvalue weighted by atomic mass is 16.6. The second kappa shape index (κ2) is 15.6. The number of allylic oxidation sites excluding steroid dienone is 2. The van der Waals surface area contributed by atoms with E-state index in [9.17, 15) is 20.0 Å². The van der Waals surface area contributed by atoms with Crippen molar-refractivity contribution in [3.63, 3.8) is 0 Å². The Morgan fingerprint density at radius 3 is 2.19 bits per heavy atom. The van der Waals surface area contributed by atoms with Gasteiger partial charge in [-0.25, -0.2) is 0 Å². The predicted octanol–water partition coefficient (Wildman–Crippen LogP) is 11.0. The lowest BCUT2D eigenvalue weighted by atomic mass is 9.42. The van der Waals surface area contributed by atoms with Crippen molar-refractivity contribution in [3.05, 3.63) is 21.9 Å². The molecule has 5 nitrogen and oxygen atoms in total. The standard InChI is InChI=1S/C37H63NO4/c1-4-5-6-7-8-9-10-11-12-13-14-17-28(18-15-20-35(39)40)34-27-30(38(41)42)26-29-21-22-31-32-19-16-24-36(32,2)25-23-33(31)37(29,34)3/h26,28-29,31-34H,4-25,27H2,1-3H3,(H,39,40)/t28?,29?,31-,32-,33+,34?,36-,37-/m0/s1. The van der Waals surface area contributed by atoms with Gasteiger partial charge in [0, 0.05) is 12.8 Å². The Morgan fingerprint density at radius 2 is 1.55 bits per heavy atom. The first kappa shape index (κ1) is 33.5. The molecule has 0 heterocycles. The van der Waals surface area contributed by atoms with Crippen molar-refractivity contribution in [3.8, 4) is 0 Å². The predicted molar refractivity (Wildman–Crippen MR) is 172 cm³/mol. The molecule has 0 aromatic rings. The summed E-state index contributed by atoms with van der Waals surface area (Å²) in [5, 5.41) is 21.6. The summed E-state index contributed by atoms with van der Waals surface area (Å²) in [5.74, 6) is 2.50. The lowest BCUT2D eigenvalue weighted by molar-refractivity contribution is -0.433. The van der Waals surface area contributed by atoms with E-state index in [1.807, 2.05) is 0 Å². The molecule has 3 saturated carbocycles. The van der Waals surface area contributed by atoms with Gasteiger partial charge in [0.1, 0.15) is 0 Å². The molecule has 4 aliphatic rings. The molecule has 4 aliphatic carbocycles. The van der Waals surface area contributed by atoms with E-state index in [-0.39, 0.29) is 16.8 Å². The number of rotatable bonds is 18. The third-order valence-electron chi connectivity index (χ3n) is 13.2. The van der Waals surface area contributed by atoms with Gasteiger partial charge in [-0.3, -0.25) is 14.9 Å². The topological polar surface area (TPSA) is 80.4 Å². The van der Waals surface area contributed by atoms with Crippen LogP contribution < -0.4 is 0 Å². The number of fused-ring (bicyclic) bond motifs is 5. The monoisotopic (exact) mass is 585 g/mol. The zero-order valence-electron chi connectivity index (χ0n) is 27.4. The smallest absolute Gasteiger partial charge is 0.303 e. The van der Waals surface area contributed by atoms with E-state index in [1.54, 1.807) is 0 Å². The number of hydrogen-bond acceptors (Lipinski definition) is 3. The van der Waals surface area contributed by atoms with Crippen molar-refractivity contribution in [1.29, 1.82) is 0 Å². The molecule has 240 valence electrons. The third kappa shape index (κ3) is 7.81. The number of carboxylic acid groups (broad SMARTS) is 1. The Kier molecular flexibility index (Phi) is 12.4. The van der Waals surface area contributed by atoms with Gasteiger partial charge >= 0.3 is 5.97 Å². The molecule has 3 fully saturated rings. The Labute approximate surface area is 257 Å². The maximum absolute atomic E-state index is 12.2. The van der Waals surface area contributed by atoms with Gasteiger partial charge in [0.25, 0.3) is 0 Å². The molecule has 0 saturated heterocycles. The number of unbranched alkanes of at least 4 members (excludes halogenated alkanes) is 10. The van der Waals surface area contributed by atoms with E-state index in [2.05, 4.69) is 26.8 Å². The van der Waals surface area contributed by atoms with Crippen LogP contribution in [0.3, 0.4) is 0 Å². The maximum Gasteiger partial charge on any atom is 0.303 e. The van der Waals surface area contributed by atoms with Crippen LogP contribution in [-0.2, 0) is 4.79 Å². The highest BCUT2D eigenvalue weighted by molar-refractivity contribution is 5.66. The zero-order valence-corrected chi connectivity index (χ0v) is 27.4. The number of aliphatic carboxylic acids is 1. The first-order valence-corrected chi connectivity index (χ1v) is 18.3. The summed E-state index contributed by atoms with van der Waals surface area (Å²) in [6.07, 6.45) is 29.2. The van der Waals surface area contributed by atoms with Crippen molar-refractivity contribution in [2.75, 3.05) is 0 Å². The third-order valence-corrected chi connectivity index (χ3v) is 13.2. The largest absolute Gasteiger partial charge is 0.481 e. The SMILES string of the molecule is CCCCCCCCCCCCCC(CCCC(=O)O)C1CC([N+](=O)[O-])=CC2CC[C@@H]3[C@@H](CC[C@]4(C)CCC[C@@H]34)[C@]21C. The van der Waals surface area contributed by atoms with Gasteiger partial charge < -0.3 is 5.11 Å². The Bertz CT molecular complexity index is 915. The van der Waals surface area contributed by atoms with Crippen molar-refractivity contribution in [2.24, 2.45) is 46.3 Å². The van der Waals surface area contributed by atoms with E-state index in [0.29, 0.717) is 47.6 Å². The number of nitrogens with zero attached hydrogens (tertiary/aromatic N) is 1. The lowest BCUT2D eigenvalue weighted by Crippen LogP contribution is -2.56. The minimum Gasteiger partial charge on any atom is -0.481 e. The maximum atomic E-state index is 12.2. The van der Waals surface area contributed by atoms with Crippen LogP contribution in [-0.4, -0.2) is 16.0 Å². The van der Waals surface area contributed by atoms with Crippen LogP contribution in [0.25, 0.3) is 0 Å². The molecule has 5 heteroatoms. The molecule has 0 aromatic carbocycles. The molecule has 0 radical (unpaired) electrons. The lowest BCUT2D eigenvalue weighted by Gasteiger charge is -2.62. The van der Waals surface area contributed by atoms with E-state index >= 15 is 0 Å². The van der Waals surface area contributed by atoms with E-state index in [0.717, 1.165) is 31.1 Å². The molecule has 0 aromatic heterocycles. The number of carboxylic acids is 1. The first-order valence-electron chi connectivity index (χ1n) is 18.3. The molecular formula is C37H63NO4. The second-order valence-electron chi connectivity index (χ2n) is 15.6. The van der Waals surface area contributed by atoms with Gasteiger partial charge in [0.15, 0.2) is 0 Å². The van der Waals surface area contributed by atoms with Crippen LogP contribution in [0.5, 0.6) is 0 Å². The summed E-state index contributed by atoms with van der Waals surface area (Å²) >= 11 is 0. The van der Waals surface area contributed by atoms with Crippen molar-refractivity contribution in [2.45, 2.75) is 168 Å². The summed E-state index contributed by atoms with van der Waals surface area (Å²) in [6.45, 7) is 7.36. The Balaban J connectivity index is 1.44. The molecule has 0 amide bonds. The molecule has 3 unspecified atom stereocenters. The fourth-order valence-electron chi connectivity index (χ4n) is 10.9. The van der Waals surface area contributed by atoms with Crippen LogP contribution >= 0.6 is 0 Å². The summed E-state index contributed by atoms with van der Waals surface area (Å²) in [4.78, 5) is 23.6. The van der Waals surface area contributed by atoms with Crippen LogP contribution in [0.4, 0.5) is 0 Å². The van der Waals surface area contributed by atoms with E-state index < -0.39 is 5.97 Å². The average molecular weight is 586 g/mol. The van der Waals surface area contributed by atoms with Crippen molar-refractivity contribution >= 4 is 5.97 Å². The normalized spacial score (nSPS) is 34.6. The molecule has 0 bridgehead atoms. The molecule has 0 spiro atoms. The molecule has 4 rings (SSSR count). The summed E-state index contributed by atoms with van der Waals surface area (Å²) < 4.78 is 0. The van der Waals surface area contributed by atoms with Gasteiger partial charge in [0.2, 0.25) is 5.70 Å². The summed E-state index contributed by atoms with van der Waals surface area (Å²) in [5.41, 5.74) is 1.05. The molecule has 42 heavy (non-hydrogen) atoms. The van der Waals surface area contributed by atoms with Crippen LogP contribution in [0.2, 0.25) is 0 Å². The van der Waals surface area contributed by atoms with E-state index in [4.69, 9.17) is 0 Å². The highest BCUT2D eigenvalue weighted by Crippen LogP contribution is 2.68. The zero-order chi connectivity index (χ0) is 30.2. The summed E-state index contributed by atoms with van der Waals surface area (Å²) in [7, 11) is 0. The number of carbonyl (C=O) groups is 1. The van der Waals surface area contributed by atoms with Gasteiger partial charge in [-0.05, 0) is 104 Å². The second-order valence-corrected chi connectivity index (χ2v) is 15.6. The van der Waals surface area contributed by atoms with E-state index in [1.165, 1.54) is 109 Å². The van der Waals surface area contributed by atoms with Crippen LogP contribution in [0.15, 0.2) is 11.8 Å². The minimum absolute atomic E-state index is 0.0931. The Morgan fingerprint density at radius 1 is 0.905 bits per heavy atom. The molecule has 8 atom stereocenters. The Hall–Kier alpha value is -1.39. The quantitative estimate of drug-likeness (QED) is 0.0985.